The van der Waals surface area contributed by atoms with Gasteiger partial charge in [-0.25, -0.2) is 14.3 Å². The zero-order valence-electron chi connectivity index (χ0n) is 12.1. The fourth-order valence-electron chi connectivity index (χ4n) is 2.55. The van der Waals surface area contributed by atoms with Crippen LogP contribution in [-0.2, 0) is 14.4 Å². The summed E-state index contributed by atoms with van der Waals surface area (Å²) < 4.78 is 18.3. The molecule has 22 heavy (non-hydrogen) atoms. The van der Waals surface area contributed by atoms with Crippen molar-refractivity contribution in [2.75, 3.05) is 5.06 Å². The first kappa shape index (κ1) is 14.5. The molecule has 3 rings (SSSR count). The van der Waals surface area contributed by atoms with Crippen LogP contribution in [0, 0.1) is 5.82 Å². The molecule has 1 heterocycles. The number of nitrogens with zero attached hydrogens (tertiary/aromatic N) is 1. The quantitative estimate of drug-likeness (QED) is 0.812. The second-order valence-corrected chi connectivity index (χ2v) is 5.11. The number of carbonyl (C=O) groups is 1. The van der Waals surface area contributed by atoms with E-state index < -0.39 is 12.3 Å². The summed E-state index contributed by atoms with van der Waals surface area (Å²) in [5.74, 6) is -0.678. The second kappa shape index (κ2) is 6.15. The smallest absolute Gasteiger partial charge is 0.305 e. The highest BCUT2D eigenvalue weighted by Crippen LogP contribution is 2.38. The van der Waals surface area contributed by atoms with E-state index in [1.165, 1.54) is 19.1 Å². The molecule has 1 aliphatic rings. The Labute approximate surface area is 128 Å². The number of carbonyl (C=O) groups excluding carboxylic acids is 1. The number of anilines is 1. The van der Waals surface area contributed by atoms with Crippen LogP contribution in [0.1, 0.15) is 24.9 Å². The van der Waals surface area contributed by atoms with Gasteiger partial charge < -0.3 is 4.74 Å². The molecule has 0 radical (unpaired) electrons. The molecule has 0 amide bonds. The molecule has 0 bridgehead atoms. The van der Waals surface area contributed by atoms with Crippen molar-refractivity contribution in [2.45, 2.75) is 25.7 Å². The molecule has 0 aliphatic carbocycles. The van der Waals surface area contributed by atoms with Crippen LogP contribution in [0.5, 0.6) is 0 Å². The molecule has 2 atom stereocenters. The number of benzene rings is 2. The number of esters is 1. The minimum atomic E-state index is -0.646. The molecule has 2 aromatic carbocycles. The van der Waals surface area contributed by atoms with Crippen LogP contribution in [0.25, 0.3) is 0 Å². The number of hydrogen-bond acceptors (Lipinski definition) is 4. The number of rotatable bonds is 3. The Morgan fingerprint density at radius 3 is 2.50 bits per heavy atom. The average Bonchev–Trinajstić information content (AvgIpc) is 2.92. The van der Waals surface area contributed by atoms with E-state index >= 15 is 0 Å². The highest BCUT2D eigenvalue weighted by Gasteiger charge is 2.36. The summed E-state index contributed by atoms with van der Waals surface area (Å²) in [6.07, 6.45) is -0.159. The molecule has 1 saturated heterocycles. The van der Waals surface area contributed by atoms with E-state index in [-0.39, 0.29) is 11.9 Å². The van der Waals surface area contributed by atoms with Gasteiger partial charge in [-0.05, 0) is 29.8 Å². The van der Waals surface area contributed by atoms with Crippen LogP contribution in [-0.4, -0.2) is 12.3 Å². The molecule has 0 unspecified atom stereocenters. The predicted molar refractivity (Wildman–Crippen MR) is 79.3 cm³/mol. The van der Waals surface area contributed by atoms with Crippen LogP contribution >= 0.6 is 0 Å². The van der Waals surface area contributed by atoms with Gasteiger partial charge in [0.1, 0.15) is 5.82 Å². The Morgan fingerprint density at radius 1 is 1.18 bits per heavy atom. The summed E-state index contributed by atoms with van der Waals surface area (Å²) in [7, 11) is 0. The van der Waals surface area contributed by atoms with Crippen LogP contribution < -0.4 is 5.06 Å². The Bertz CT molecular complexity index is 645. The number of hydroxylamine groups is 1. The van der Waals surface area contributed by atoms with Gasteiger partial charge in [0.05, 0.1) is 11.7 Å². The summed E-state index contributed by atoms with van der Waals surface area (Å²) in [5, 5.41) is 1.71. The fourth-order valence-corrected chi connectivity index (χ4v) is 2.55. The Kier molecular flexibility index (Phi) is 4.06. The molecule has 0 spiro atoms. The molecule has 2 aromatic rings. The van der Waals surface area contributed by atoms with Gasteiger partial charge in [-0.3, -0.25) is 4.79 Å². The molecule has 114 valence electrons. The summed E-state index contributed by atoms with van der Waals surface area (Å²) in [5.41, 5.74) is 1.76. The maximum Gasteiger partial charge on any atom is 0.305 e. The molecule has 0 aromatic heterocycles. The number of ether oxygens (including phenoxy) is 1. The third-order valence-electron chi connectivity index (χ3n) is 3.49. The highest BCUT2D eigenvalue weighted by molar-refractivity contribution is 5.66. The number of hydrogen-bond donors (Lipinski definition) is 0. The first-order valence-corrected chi connectivity index (χ1v) is 7.07. The monoisotopic (exact) mass is 301 g/mol. The highest BCUT2D eigenvalue weighted by atomic mass is 19.1. The van der Waals surface area contributed by atoms with Crippen LogP contribution in [0.15, 0.2) is 54.6 Å². The Hall–Kier alpha value is -2.40. The van der Waals surface area contributed by atoms with Gasteiger partial charge in [0.25, 0.3) is 0 Å². The normalized spacial score (nSPS) is 20.9. The van der Waals surface area contributed by atoms with Gasteiger partial charge in [-0.15, -0.1) is 0 Å². The lowest BCUT2D eigenvalue weighted by atomic mass is 10.0. The minimum absolute atomic E-state index is 0.146. The maximum absolute atomic E-state index is 13.1. The molecule has 4 nitrogen and oxygen atoms in total. The van der Waals surface area contributed by atoms with Crippen molar-refractivity contribution >= 4 is 11.7 Å². The minimum Gasteiger partial charge on any atom is -0.434 e. The van der Waals surface area contributed by atoms with E-state index in [0.717, 1.165) is 11.3 Å². The second-order valence-electron chi connectivity index (χ2n) is 5.11. The van der Waals surface area contributed by atoms with Crippen molar-refractivity contribution in [3.8, 4) is 0 Å². The standard InChI is InChI=1S/C17H16FNO3/c1-12(20)21-17-11-16(13-7-9-14(18)10-8-13)19(22-17)15-5-3-2-4-6-15/h2-10,16-17H,11H2,1H3/t16-,17+/m1/s1. The molecule has 0 N–H and O–H groups in total. The van der Waals surface area contributed by atoms with Gasteiger partial charge in [0.2, 0.25) is 6.29 Å². The van der Waals surface area contributed by atoms with Crippen molar-refractivity contribution < 1.29 is 18.8 Å². The zero-order valence-corrected chi connectivity index (χ0v) is 12.1. The fraction of sp³-hybridized carbons (Fsp3) is 0.235. The largest absolute Gasteiger partial charge is 0.434 e. The maximum atomic E-state index is 13.1. The third kappa shape index (κ3) is 3.09. The summed E-state index contributed by atoms with van der Waals surface area (Å²) in [6, 6.07) is 15.7. The number of halogens is 1. The van der Waals surface area contributed by atoms with Crippen molar-refractivity contribution in [1.82, 2.24) is 0 Å². The van der Waals surface area contributed by atoms with E-state index in [4.69, 9.17) is 9.57 Å². The van der Waals surface area contributed by atoms with Crippen LogP contribution in [0.4, 0.5) is 10.1 Å². The lowest BCUT2D eigenvalue weighted by Crippen LogP contribution is -2.23. The predicted octanol–water partition coefficient (Wildman–Crippen LogP) is 3.60. The molecular weight excluding hydrogens is 285 g/mol. The molecule has 5 heteroatoms. The van der Waals surface area contributed by atoms with E-state index in [2.05, 4.69) is 0 Å². The van der Waals surface area contributed by atoms with Crippen LogP contribution in [0.2, 0.25) is 0 Å². The SMILES string of the molecule is CC(=O)O[C@@H]1C[C@H](c2ccc(F)cc2)N(c2ccccc2)O1. The van der Waals surface area contributed by atoms with Crippen molar-refractivity contribution in [1.29, 1.82) is 0 Å². The topological polar surface area (TPSA) is 38.8 Å². The molecule has 0 saturated carbocycles. The van der Waals surface area contributed by atoms with Crippen molar-refractivity contribution in [3.05, 3.63) is 66.0 Å². The Morgan fingerprint density at radius 2 is 1.86 bits per heavy atom. The van der Waals surface area contributed by atoms with E-state index in [1.807, 2.05) is 30.3 Å². The molecular formula is C17H16FNO3. The molecule has 1 fully saturated rings. The van der Waals surface area contributed by atoms with Gasteiger partial charge in [0, 0.05) is 13.3 Å². The first-order valence-electron chi connectivity index (χ1n) is 7.07. The van der Waals surface area contributed by atoms with E-state index in [9.17, 15) is 9.18 Å². The van der Waals surface area contributed by atoms with Crippen molar-refractivity contribution in [3.63, 3.8) is 0 Å². The lowest BCUT2D eigenvalue weighted by Gasteiger charge is -2.24. The Balaban J connectivity index is 1.89. The van der Waals surface area contributed by atoms with Gasteiger partial charge in [-0.2, -0.15) is 0 Å². The third-order valence-corrected chi connectivity index (χ3v) is 3.49. The first-order chi connectivity index (χ1) is 10.6. The van der Waals surface area contributed by atoms with Crippen molar-refractivity contribution in [2.24, 2.45) is 0 Å². The molecule has 1 aliphatic heterocycles. The van der Waals surface area contributed by atoms with E-state index in [1.54, 1.807) is 17.2 Å². The summed E-state index contributed by atoms with van der Waals surface area (Å²) >= 11 is 0. The summed E-state index contributed by atoms with van der Waals surface area (Å²) in [6.45, 7) is 1.35. The number of para-hydroxylation sites is 1. The summed E-state index contributed by atoms with van der Waals surface area (Å²) in [4.78, 5) is 16.9. The van der Waals surface area contributed by atoms with Gasteiger partial charge in [-0.1, -0.05) is 30.3 Å². The van der Waals surface area contributed by atoms with Crippen LogP contribution in [0.3, 0.4) is 0 Å². The lowest BCUT2D eigenvalue weighted by molar-refractivity contribution is -0.168. The zero-order chi connectivity index (χ0) is 15.5. The van der Waals surface area contributed by atoms with Gasteiger partial charge >= 0.3 is 5.97 Å². The van der Waals surface area contributed by atoms with Gasteiger partial charge in [0.15, 0.2) is 0 Å². The average molecular weight is 301 g/mol. The van der Waals surface area contributed by atoms with E-state index in [0.29, 0.717) is 6.42 Å².